The molecule has 24 heavy (non-hydrogen) atoms. The monoisotopic (exact) mass is 338 g/mol. The third-order valence-corrected chi connectivity index (χ3v) is 3.45. The summed E-state index contributed by atoms with van der Waals surface area (Å²) in [4.78, 5) is 22.6. The summed E-state index contributed by atoms with van der Waals surface area (Å²) in [5, 5.41) is 23.3. The number of nitrogens with one attached hydrogen (secondary N) is 2. The lowest BCUT2D eigenvalue weighted by atomic mass is 10.1. The van der Waals surface area contributed by atoms with Gasteiger partial charge in [-0.3, -0.25) is 0 Å². The van der Waals surface area contributed by atoms with Gasteiger partial charge in [0.25, 0.3) is 0 Å². The molecule has 7 nitrogen and oxygen atoms in total. The van der Waals surface area contributed by atoms with Gasteiger partial charge in [0.15, 0.2) is 5.60 Å². The van der Waals surface area contributed by atoms with Gasteiger partial charge in [-0.05, 0) is 37.8 Å². The molecule has 1 aromatic carbocycles. The van der Waals surface area contributed by atoms with Gasteiger partial charge < -0.3 is 25.6 Å². The van der Waals surface area contributed by atoms with Crippen LogP contribution in [0, 0.1) is 12.8 Å². The van der Waals surface area contributed by atoms with Crippen LogP contribution in [0.3, 0.4) is 0 Å². The molecule has 1 rings (SSSR count). The molecule has 0 radical (unpaired) electrons. The first-order valence-electron chi connectivity index (χ1n) is 7.86. The molecule has 2 amide bonds. The molecule has 1 unspecified atom stereocenters. The van der Waals surface area contributed by atoms with Crippen molar-refractivity contribution in [2.24, 2.45) is 5.92 Å². The van der Waals surface area contributed by atoms with Crippen molar-refractivity contribution in [1.29, 1.82) is 0 Å². The number of urea groups is 1. The largest absolute Gasteiger partial charge is 0.493 e. The smallest absolute Gasteiger partial charge is 0.337 e. The highest BCUT2D eigenvalue weighted by atomic mass is 16.5. The summed E-state index contributed by atoms with van der Waals surface area (Å²) in [5.74, 6) is -0.177. The molecule has 134 valence electrons. The van der Waals surface area contributed by atoms with E-state index in [4.69, 9.17) is 9.84 Å². The van der Waals surface area contributed by atoms with Crippen LogP contribution < -0.4 is 15.4 Å². The minimum atomic E-state index is -2.02. The van der Waals surface area contributed by atoms with E-state index in [2.05, 4.69) is 24.5 Å². The van der Waals surface area contributed by atoms with E-state index < -0.39 is 24.1 Å². The molecule has 0 bridgehead atoms. The summed E-state index contributed by atoms with van der Waals surface area (Å²) in [6, 6.07) is 4.66. The van der Waals surface area contributed by atoms with Gasteiger partial charge in [0.1, 0.15) is 5.75 Å². The Balaban J connectivity index is 2.61. The summed E-state index contributed by atoms with van der Waals surface area (Å²) < 4.78 is 5.73. The lowest BCUT2D eigenvalue weighted by Gasteiger charge is -2.18. The quantitative estimate of drug-likeness (QED) is 0.582. The lowest BCUT2D eigenvalue weighted by molar-refractivity contribution is -0.155. The Morgan fingerprint density at radius 1 is 1.33 bits per heavy atom. The van der Waals surface area contributed by atoms with Crippen molar-refractivity contribution in [2.45, 2.75) is 39.7 Å². The molecule has 0 saturated heterocycles. The lowest BCUT2D eigenvalue weighted by Crippen LogP contribution is -2.47. The van der Waals surface area contributed by atoms with Crippen LogP contribution in [-0.2, 0) is 4.79 Å². The van der Waals surface area contributed by atoms with Crippen LogP contribution >= 0.6 is 0 Å². The van der Waals surface area contributed by atoms with E-state index in [1.807, 2.05) is 13.0 Å². The fraction of sp³-hybridized carbons (Fsp3) is 0.529. The Morgan fingerprint density at radius 3 is 2.58 bits per heavy atom. The third kappa shape index (κ3) is 6.45. The van der Waals surface area contributed by atoms with Gasteiger partial charge in [0.2, 0.25) is 0 Å². The average molecular weight is 338 g/mol. The number of hydrogen-bond acceptors (Lipinski definition) is 4. The summed E-state index contributed by atoms with van der Waals surface area (Å²) in [7, 11) is 0. The number of ether oxygens (including phenoxy) is 1. The maximum atomic E-state index is 11.8. The second-order valence-electron chi connectivity index (χ2n) is 6.40. The molecule has 0 saturated carbocycles. The van der Waals surface area contributed by atoms with Gasteiger partial charge in [-0.15, -0.1) is 0 Å². The zero-order chi connectivity index (χ0) is 18.3. The van der Waals surface area contributed by atoms with Gasteiger partial charge in [0.05, 0.1) is 13.2 Å². The number of rotatable bonds is 8. The molecule has 0 aliphatic heterocycles. The predicted molar refractivity (Wildman–Crippen MR) is 91.4 cm³/mol. The SMILES string of the molecule is Cc1ccc(NC(=O)NCC(C)(O)C(=O)O)cc1OCCC(C)C. The summed E-state index contributed by atoms with van der Waals surface area (Å²) in [6.45, 7) is 7.45. The number of aliphatic hydroxyl groups is 1. The number of carbonyl (C=O) groups excluding carboxylic acids is 1. The highest BCUT2D eigenvalue weighted by molar-refractivity contribution is 5.90. The van der Waals surface area contributed by atoms with Crippen LogP contribution in [0.4, 0.5) is 10.5 Å². The van der Waals surface area contributed by atoms with Crippen LogP contribution in [0.25, 0.3) is 0 Å². The fourth-order valence-electron chi connectivity index (χ4n) is 1.74. The maximum Gasteiger partial charge on any atom is 0.337 e. The van der Waals surface area contributed by atoms with E-state index in [1.165, 1.54) is 0 Å². The molecule has 7 heteroatoms. The van der Waals surface area contributed by atoms with Gasteiger partial charge in [-0.2, -0.15) is 0 Å². The van der Waals surface area contributed by atoms with Gasteiger partial charge in [0, 0.05) is 11.8 Å². The van der Waals surface area contributed by atoms with E-state index in [0.29, 0.717) is 24.0 Å². The van der Waals surface area contributed by atoms with E-state index in [9.17, 15) is 14.7 Å². The molecule has 0 aliphatic carbocycles. The van der Waals surface area contributed by atoms with Crippen LogP contribution in [0.2, 0.25) is 0 Å². The van der Waals surface area contributed by atoms with Gasteiger partial charge in [-0.1, -0.05) is 19.9 Å². The Hall–Kier alpha value is -2.28. The minimum Gasteiger partial charge on any atom is -0.493 e. The molecule has 1 atom stereocenters. The molecular weight excluding hydrogens is 312 g/mol. The molecule has 1 aromatic rings. The summed E-state index contributed by atoms with van der Waals surface area (Å²) in [5.41, 5.74) is -0.540. The topological polar surface area (TPSA) is 108 Å². The molecule has 0 aromatic heterocycles. The van der Waals surface area contributed by atoms with Crippen LogP contribution in [-0.4, -0.2) is 41.0 Å². The first kappa shape index (κ1) is 19.8. The first-order valence-corrected chi connectivity index (χ1v) is 7.86. The number of benzene rings is 1. The van der Waals surface area contributed by atoms with Crippen molar-refractivity contribution in [2.75, 3.05) is 18.5 Å². The number of anilines is 1. The second-order valence-corrected chi connectivity index (χ2v) is 6.40. The third-order valence-electron chi connectivity index (χ3n) is 3.45. The summed E-state index contributed by atoms with van der Waals surface area (Å²) in [6.07, 6.45) is 0.932. The zero-order valence-corrected chi connectivity index (χ0v) is 14.5. The van der Waals surface area contributed by atoms with Crippen molar-refractivity contribution in [3.63, 3.8) is 0 Å². The normalized spacial score (nSPS) is 13.2. The second kappa shape index (κ2) is 8.54. The summed E-state index contributed by atoms with van der Waals surface area (Å²) >= 11 is 0. The highest BCUT2D eigenvalue weighted by Gasteiger charge is 2.30. The Morgan fingerprint density at radius 2 is 2.00 bits per heavy atom. The number of carboxylic acids is 1. The van der Waals surface area contributed by atoms with E-state index in [0.717, 1.165) is 18.9 Å². The predicted octanol–water partition coefficient (Wildman–Crippen LogP) is 2.38. The average Bonchev–Trinajstić information content (AvgIpc) is 2.48. The molecule has 0 heterocycles. The molecule has 0 aliphatic rings. The maximum absolute atomic E-state index is 11.8. The van der Waals surface area contributed by atoms with Crippen molar-refractivity contribution < 1.29 is 24.5 Å². The number of carbonyl (C=O) groups is 2. The van der Waals surface area contributed by atoms with Crippen molar-refractivity contribution in [1.82, 2.24) is 5.32 Å². The van der Waals surface area contributed by atoms with Crippen LogP contribution in [0.15, 0.2) is 18.2 Å². The van der Waals surface area contributed by atoms with E-state index >= 15 is 0 Å². The van der Waals surface area contributed by atoms with Gasteiger partial charge in [-0.25, -0.2) is 9.59 Å². The van der Waals surface area contributed by atoms with Crippen LogP contribution in [0.1, 0.15) is 32.8 Å². The van der Waals surface area contributed by atoms with Crippen LogP contribution in [0.5, 0.6) is 5.75 Å². The first-order chi connectivity index (χ1) is 11.1. The number of amides is 2. The van der Waals surface area contributed by atoms with E-state index in [1.54, 1.807) is 12.1 Å². The number of hydrogen-bond donors (Lipinski definition) is 4. The number of aliphatic carboxylic acids is 1. The Kier molecular flexibility index (Phi) is 7.03. The molecule has 0 fully saturated rings. The Bertz CT molecular complexity index is 584. The molecule has 0 spiro atoms. The van der Waals surface area contributed by atoms with Crippen molar-refractivity contribution >= 4 is 17.7 Å². The highest BCUT2D eigenvalue weighted by Crippen LogP contribution is 2.23. The van der Waals surface area contributed by atoms with Crippen molar-refractivity contribution in [3.05, 3.63) is 23.8 Å². The fourth-order valence-corrected chi connectivity index (χ4v) is 1.74. The minimum absolute atomic E-state index is 0.405. The molecule has 4 N–H and O–H groups in total. The van der Waals surface area contributed by atoms with E-state index in [-0.39, 0.29) is 0 Å². The zero-order valence-electron chi connectivity index (χ0n) is 14.5. The Labute approximate surface area is 142 Å². The number of aryl methyl sites for hydroxylation is 1. The standard InChI is InChI=1S/C17H26N2O5/c1-11(2)7-8-24-14-9-13(6-5-12(14)3)19-16(22)18-10-17(4,23)15(20)21/h5-6,9,11,23H,7-8,10H2,1-4H3,(H,20,21)(H2,18,19,22). The van der Waals surface area contributed by atoms with Gasteiger partial charge >= 0.3 is 12.0 Å². The number of carboxylic acid groups (broad SMARTS) is 1. The van der Waals surface area contributed by atoms with Crippen molar-refractivity contribution in [3.8, 4) is 5.75 Å². The molecular formula is C17H26N2O5.